The van der Waals surface area contributed by atoms with Crippen LogP contribution >= 0.6 is 35.7 Å². The normalized spacial score (nSPS) is 17.0. The maximum absolute atomic E-state index is 12.5. The number of halogens is 1. The maximum atomic E-state index is 12.5. The molecule has 1 aliphatic rings. The summed E-state index contributed by atoms with van der Waals surface area (Å²) in [7, 11) is -3.25. The predicted octanol–water partition coefficient (Wildman–Crippen LogP) is 3.05. The number of nitrogens with one attached hydrogen (secondary N) is 2. The monoisotopic (exact) mass is 552 g/mol. The predicted molar refractivity (Wildman–Crippen MR) is 132 cm³/mol. The molecule has 0 aliphatic carbocycles. The number of aliphatic imine (C=N–C) groups is 1. The first-order valence-electron chi connectivity index (χ1n) is 9.58. The second-order valence-electron chi connectivity index (χ2n) is 6.64. The molecule has 7 nitrogen and oxygen atoms in total. The quantitative estimate of drug-likeness (QED) is 0.312. The summed E-state index contributed by atoms with van der Waals surface area (Å²) in [6.07, 6.45) is 0. The van der Waals surface area contributed by atoms with Gasteiger partial charge in [0.05, 0.1) is 18.3 Å². The van der Waals surface area contributed by atoms with Crippen molar-refractivity contribution >= 4 is 62.7 Å². The third kappa shape index (κ3) is 6.76. The molecule has 1 atom stereocenters. The van der Waals surface area contributed by atoms with Crippen LogP contribution < -0.4 is 10.6 Å². The second kappa shape index (κ2) is 11.4. The summed E-state index contributed by atoms with van der Waals surface area (Å²) in [5.74, 6) is 3.14. The molecule has 0 amide bonds. The molecule has 0 radical (unpaired) electrons. The molecule has 1 unspecified atom stereocenters. The fourth-order valence-electron chi connectivity index (χ4n) is 3.04. The van der Waals surface area contributed by atoms with Gasteiger partial charge in [0, 0.05) is 36.5 Å². The lowest BCUT2D eigenvalue weighted by Gasteiger charge is -2.25. The Balaban J connectivity index is 0.00000300. The first-order valence-corrected chi connectivity index (χ1v) is 12.3. The Labute approximate surface area is 194 Å². The Morgan fingerprint density at radius 1 is 1.31 bits per heavy atom. The van der Waals surface area contributed by atoms with Gasteiger partial charge in [-0.15, -0.1) is 24.0 Å². The van der Waals surface area contributed by atoms with Crippen LogP contribution in [0, 0.1) is 0 Å². The SMILES string of the molecule is CCNC(=NCCS(=O)(=O)N1CCSCC1)NC(C)c1cc2ccccc2o1.I. The number of nitrogens with zero attached hydrogens (tertiary/aromatic N) is 2. The molecule has 0 spiro atoms. The van der Waals surface area contributed by atoms with Gasteiger partial charge in [-0.2, -0.15) is 11.8 Å². The molecule has 162 valence electrons. The second-order valence-corrected chi connectivity index (χ2v) is 9.95. The molecular formula is C19H29IN4O3S2. The van der Waals surface area contributed by atoms with Crippen LogP contribution in [0.15, 0.2) is 39.7 Å². The van der Waals surface area contributed by atoms with E-state index in [9.17, 15) is 8.42 Å². The average molecular weight is 553 g/mol. The first kappa shape index (κ1) is 24.3. The van der Waals surface area contributed by atoms with Gasteiger partial charge in [-0.3, -0.25) is 4.99 Å². The largest absolute Gasteiger partial charge is 0.459 e. The summed E-state index contributed by atoms with van der Waals surface area (Å²) in [4.78, 5) is 4.45. The molecule has 0 bridgehead atoms. The number of furan rings is 1. The Bertz CT molecular complexity index is 878. The number of para-hydroxylation sites is 1. The summed E-state index contributed by atoms with van der Waals surface area (Å²) in [6, 6.07) is 9.79. The molecule has 29 heavy (non-hydrogen) atoms. The van der Waals surface area contributed by atoms with Crippen LogP contribution in [0.5, 0.6) is 0 Å². The number of hydrogen-bond donors (Lipinski definition) is 2. The Morgan fingerprint density at radius 3 is 2.72 bits per heavy atom. The number of guanidine groups is 1. The van der Waals surface area contributed by atoms with Crippen molar-refractivity contribution in [3.05, 3.63) is 36.1 Å². The van der Waals surface area contributed by atoms with Crippen LogP contribution in [0.3, 0.4) is 0 Å². The zero-order valence-corrected chi connectivity index (χ0v) is 20.7. The van der Waals surface area contributed by atoms with Crippen molar-refractivity contribution < 1.29 is 12.8 Å². The van der Waals surface area contributed by atoms with Gasteiger partial charge in [0.25, 0.3) is 0 Å². The molecule has 1 aliphatic heterocycles. The zero-order chi connectivity index (χ0) is 20.0. The van der Waals surface area contributed by atoms with Crippen LogP contribution in [0.4, 0.5) is 0 Å². The molecule has 2 aromatic rings. The van der Waals surface area contributed by atoms with Crippen molar-refractivity contribution in [2.75, 3.05) is 43.4 Å². The minimum atomic E-state index is -3.25. The van der Waals surface area contributed by atoms with E-state index in [0.717, 1.165) is 28.2 Å². The third-order valence-electron chi connectivity index (χ3n) is 4.55. The number of fused-ring (bicyclic) bond motifs is 1. The molecule has 2 heterocycles. The average Bonchev–Trinajstić information content (AvgIpc) is 3.13. The molecule has 3 rings (SSSR count). The van der Waals surface area contributed by atoms with Crippen LogP contribution in [0.25, 0.3) is 11.0 Å². The van der Waals surface area contributed by atoms with Gasteiger partial charge in [-0.05, 0) is 26.0 Å². The topological polar surface area (TPSA) is 86.9 Å². The number of rotatable bonds is 7. The van der Waals surface area contributed by atoms with E-state index in [1.54, 1.807) is 16.1 Å². The lowest BCUT2D eigenvalue weighted by atomic mass is 10.2. The Morgan fingerprint density at radius 2 is 2.03 bits per heavy atom. The van der Waals surface area contributed by atoms with Gasteiger partial charge in [0.2, 0.25) is 10.0 Å². The highest BCUT2D eigenvalue weighted by atomic mass is 127. The minimum absolute atomic E-state index is 0. The minimum Gasteiger partial charge on any atom is -0.459 e. The van der Waals surface area contributed by atoms with Crippen molar-refractivity contribution in [1.29, 1.82) is 0 Å². The van der Waals surface area contributed by atoms with Crippen molar-refractivity contribution in [3.8, 4) is 0 Å². The number of hydrogen-bond acceptors (Lipinski definition) is 5. The fourth-order valence-corrected chi connectivity index (χ4v) is 5.49. The molecule has 10 heteroatoms. The smallest absolute Gasteiger partial charge is 0.215 e. The maximum Gasteiger partial charge on any atom is 0.215 e. The van der Waals surface area contributed by atoms with Gasteiger partial charge in [0.15, 0.2) is 5.96 Å². The van der Waals surface area contributed by atoms with Crippen molar-refractivity contribution in [3.63, 3.8) is 0 Å². The Kier molecular flexibility index (Phi) is 9.57. The van der Waals surface area contributed by atoms with Gasteiger partial charge in [-0.1, -0.05) is 18.2 Å². The highest BCUT2D eigenvalue weighted by molar-refractivity contribution is 14.0. The molecule has 0 saturated carbocycles. The summed E-state index contributed by atoms with van der Waals surface area (Å²) in [5.41, 5.74) is 0.846. The van der Waals surface area contributed by atoms with E-state index in [0.29, 0.717) is 25.6 Å². The molecule has 1 fully saturated rings. The van der Waals surface area contributed by atoms with E-state index >= 15 is 0 Å². The van der Waals surface area contributed by atoms with Crippen molar-refractivity contribution in [1.82, 2.24) is 14.9 Å². The van der Waals surface area contributed by atoms with Crippen LogP contribution in [-0.2, 0) is 10.0 Å². The van der Waals surface area contributed by atoms with Gasteiger partial charge in [-0.25, -0.2) is 12.7 Å². The molecule has 2 N–H and O–H groups in total. The standard InChI is InChI=1S/C19H28N4O3S2.HI/c1-3-20-19(21-8-13-28(24,25)23-9-11-27-12-10-23)22-15(2)18-14-16-6-4-5-7-17(16)26-18;/h4-7,14-15H,3,8-13H2,1-2H3,(H2,20,21,22);1H. The van der Waals surface area contributed by atoms with E-state index < -0.39 is 10.0 Å². The summed E-state index contributed by atoms with van der Waals surface area (Å²) < 4.78 is 32.4. The van der Waals surface area contributed by atoms with E-state index in [1.807, 2.05) is 44.2 Å². The van der Waals surface area contributed by atoms with E-state index in [1.165, 1.54) is 0 Å². The highest BCUT2D eigenvalue weighted by Gasteiger charge is 2.23. The van der Waals surface area contributed by atoms with E-state index in [4.69, 9.17) is 4.42 Å². The lowest BCUT2D eigenvalue weighted by Crippen LogP contribution is -2.41. The molecular weight excluding hydrogens is 523 g/mol. The third-order valence-corrected chi connectivity index (χ3v) is 7.34. The summed E-state index contributed by atoms with van der Waals surface area (Å²) >= 11 is 1.79. The number of benzene rings is 1. The van der Waals surface area contributed by atoms with E-state index in [-0.39, 0.29) is 42.3 Å². The summed E-state index contributed by atoms with van der Waals surface area (Å²) in [5, 5.41) is 7.52. The number of thioether (sulfide) groups is 1. The first-order chi connectivity index (χ1) is 13.5. The molecule has 1 aromatic heterocycles. The fraction of sp³-hybridized carbons (Fsp3) is 0.526. The highest BCUT2D eigenvalue weighted by Crippen LogP contribution is 2.23. The van der Waals surface area contributed by atoms with Crippen molar-refractivity contribution in [2.24, 2.45) is 4.99 Å². The van der Waals surface area contributed by atoms with Crippen LogP contribution in [0.1, 0.15) is 25.6 Å². The summed E-state index contributed by atoms with van der Waals surface area (Å²) in [6.45, 7) is 6.07. The van der Waals surface area contributed by atoms with Gasteiger partial charge in [0.1, 0.15) is 11.3 Å². The van der Waals surface area contributed by atoms with Crippen LogP contribution in [-0.4, -0.2) is 62.1 Å². The van der Waals surface area contributed by atoms with Gasteiger partial charge >= 0.3 is 0 Å². The lowest BCUT2D eigenvalue weighted by molar-refractivity contribution is 0.443. The number of sulfonamides is 1. The Hall–Kier alpha value is -0.980. The van der Waals surface area contributed by atoms with Crippen molar-refractivity contribution in [2.45, 2.75) is 19.9 Å². The van der Waals surface area contributed by atoms with Gasteiger partial charge < -0.3 is 15.1 Å². The zero-order valence-electron chi connectivity index (χ0n) is 16.8. The van der Waals surface area contributed by atoms with E-state index in [2.05, 4.69) is 15.6 Å². The van der Waals surface area contributed by atoms with Crippen LogP contribution in [0.2, 0.25) is 0 Å². The molecule has 1 saturated heterocycles. The molecule has 1 aromatic carbocycles.